The molecule has 3 rings (SSSR count). The summed E-state index contributed by atoms with van der Waals surface area (Å²) < 4.78 is 15.7. The van der Waals surface area contributed by atoms with Crippen LogP contribution < -0.4 is 14.8 Å². The van der Waals surface area contributed by atoms with Gasteiger partial charge in [0.15, 0.2) is 12.3 Å². The van der Waals surface area contributed by atoms with E-state index in [0.29, 0.717) is 18.1 Å². The Balaban J connectivity index is 1.63. The number of aromatic nitrogens is 2. The number of carbonyl (C=O) groups excluding carboxylic acids is 1. The number of benzene rings is 2. The first-order valence-electron chi connectivity index (χ1n) is 8.62. The van der Waals surface area contributed by atoms with Crippen molar-refractivity contribution in [2.45, 2.75) is 20.8 Å². The average Bonchev–Trinajstić information content (AvgIpc) is 3.11. The molecule has 2 aromatic carbocycles. The highest BCUT2D eigenvalue weighted by atomic mass is 16.6. The molecule has 0 fully saturated rings. The summed E-state index contributed by atoms with van der Waals surface area (Å²) >= 11 is 0. The molecule has 0 aliphatic carbocycles. The van der Waals surface area contributed by atoms with Crippen molar-refractivity contribution in [1.29, 1.82) is 0 Å². The highest BCUT2D eigenvalue weighted by Gasteiger charge is 2.15. The number of rotatable bonds is 7. The van der Waals surface area contributed by atoms with Crippen LogP contribution in [0, 0.1) is 13.8 Å². The maximum absolute atomic E-state index is 12.2. The lowest BCUT2D eigenvalue weighted by molar-refractivity contribution is -0.118. The Hall–Kier alpha value is -3.35. The molecule has 0 radical (unpaired) electrons. The van der Waals surface area contributed by atoms with E-state index >= 15 is 0 Å². The fraction of sp³-hybridized carbons (Fsp3) is 0.250. The zero-order chi connectivity index (χ0) is 19.2. The molecule has 1 heterocycles. The lowest BCUT2D eigenvalue weighted by atomic mass is 10.1. The fourth-order valence-corrected chi connectivity index (χ4v) is 2.46. The van der Waals surface area contributed by atoms with Crippen molar-refractivity contribution < 1.29 is 18.9 Å². The third-order valence-corrected chi connectivity index (χ3v) is 4.03. The van der Waals surface area contributed by atoms with Gasteiger partial charge in [0.05, 0.1) is 6.61 Å². The largest absolute Gasteiger partial charge is 0.494 e. The molecule has 0 unspecified atom stereocenters. The Labute approximate surface area is 157 Å². The molecule has 1 amide bonds. The predicted molar refractivity (Wildman–Crippen MR) is 101 cm³/mol. The number of nitrogens with one attached hydrogen (secondary N) is 1. The number of amides is 1. The monoisotopic (exact) mass is 367 g/mol. The number of ether oxygens (including phenoxy) is 2. The van der Waals surface area contributed by atoms with E-state index in [1.54, 1.807) is 0 Å². The van der Waals surface area contributed by atoms with E-state index in [2.05, 4.69) is 15.6 Å². The van der Waals surface area contributed by atoms with Crippen LogP contribution in [0.25, 0.3) is 11.3 Å². The van der Waals surface area contributed by atoms with E-state index in [0.717, 1.165) is 16.9 Å². The number of hydrogen-bond donors (Lipinski definition) is 1. The van der Waals surface area contributed by atoms with Crippen molar-refractivity contribution in [3.63, 3.8) is 0 Å². The second kappa shape index (κ2) is 8.35. The third-order valence-electron chi connectivity index (χ3n) is 4.03. The van der Waals surface area contributed by atoms with Crippen molar-refractivity contribution in [3.05, 3.63) is 53.6 Å². The molecule has 0 atom stereocenters. The van der Waals surface area contributed by atoms with E-state index in [-0.39, 0.29) is 18.3 Å². The van der Waals surface area contributed by atoms with E-state index in [1.165, 1.54) is 5.56 Å². The summed E-state index contributed by atoms with van der Waals surface area (Å²) in [5.41, 5.74) is 3.47. The van der Waals surface area contributed by atoms with Crippen molar-refractivity contribution in [1.82, 2.24) is 10.3 Å². The maximum atomic E-state index is 12.2. The van der Waals surface area contributed by atoms with Crippen LogP contribution in [-0.2, 0) is 4.79 Å². The predicted octanol–water partition coefficient (Wildman–Crippen LogP) is 3.77. The minimum absolute atomic E-state index is 0.141. The van der Waals surface area contributed by atoms with Gasteiger partial charge in [-0.3, -0.25) is 4.79 Å². The maximum Gasteiger partial charge on any atom is 0.263 e. The number of carbonyl (C=O) groups is 1. The quantitative estimate of drug-likeness (QED) is 0.684. The minimum atomic E-state index is -0.351. The van der Waals surface area contributed by atoms with Gasteiger partial charge in [-0.1, -0.05) is 6.07 Å². The van der Waals surface area contributed by atoms with Gasteiger partial charge in [-0.2, -0.15) is 0 Å². The van der Waals surface area contributed by atoms with Gasteiger partial charge in [-0.15, -0.1) is 0 Å². The zero-order valence-corrected chi connectivity index (χ0v) is 15.5. The summed E-state index contributed by atoms with van der Waals surface area (Å²) in [6, 6.07) is 13.0. The van der Waals surface area contributed by atoms with Crippen molar-refractivity contribution >= 4 is 11.7 Å². The highest BCUT2D eigenvalue weighted by molar-refractivity contribution is 5.94. The minimum Gasteiger partial charge on any atom is -0.494 e. The van der Waals surface area contributed by atoms with Gasteiger partial charge in [0.25, 0.3) is 5.91 Å². The van der Waals surface area contributed by atoms with E-state index in [9.17, 15) is 4.79 Å². The van der Waals surface area contributed by atoms with Crippen LogP contribution in [0.1, 0.15) is 18.1 Å². The molecule has 7 heteroatoms. The molecule has 0 aliphatic heterocycles. The molecular weight excluding hydrogens is 346 g/mol. The molecule has 27 heavy (non-hydrogen) atoms. The van der Waals surface area contributed by atoms with E-state index < -0.39 is 0 Å². The topological polar surface area (TPSA) is 86.5 Å². The molecule has 1 aromatic heterocycles. The van der Waals surface area contributed by atoms with Crippen LogP contribution in [0.3, 0.4) is 0 Å². The van der Waals surface area contributed by atoms with Gasteiger partial charge in [0.1, 0.15) is 11.5 Å². The van der Waals surface area contributed by atoms with Gasteiger partial charge >= 0.3 is 0 Å². The Bertz CT molecular complexity index is 919. The van der Waals surface area contributed by atoms with Gasteiger partial charge in [0.2, 0.25) is 5.82 Å². The van der Waals surface area contributed by atoms with Gasteiger partial charge in [0, 0.05) is 5.56 Å². The summed E-state index contributed by atoms with van der Waals surface area (Å²) in [7, 11) is 0. The molecular formula is C20H21N3O4. The Kier molecular flexibility index (Phi) is 5.71. The fourth-order valence-electron chi connectivity index (χ4n) is 2.46. The molecule has 7 nitrogen and oxygen atoms in total. The summed E-state index contributed by atoms with van der Waals surface area (Å²) in [5.74, 6) is 1.28. The summed E-state index contributed by atoms with van der Waals surface area (Å²) in [5, 5.41) is 10.3. The first kappa shape index (κ1) is 18.4. The first-order chi connectivity index (χ1) is 13.1. The summed E-state index contributed by atoms with van der Waals surface area (Å²) in [6.45, 7) is 6.38. The molecule has 0 bridgehead atoms. The molecule has 140 valence electrons. The number of nitrogens with zero attached hydrogens (tertiary/aromatic N) is 2. The molecule has 0 saturated carbocycles. The zero-order valence-electron chi connectivity index (χ0n) is 15.5. The number of anilines is 1. The molecule has 1 N–H and O–H groups in total. The van der Waals surface area contributed by atoms with Crippen LogP contribution in [0.4, 0.5) is 5.82 Å². The Morgan fingerprint density at radius 1 is 1.00 bits per heavy atom. The highest BCUT2D eigenvalue weighted by Crippen LogP contribution is 2.26. The van der Waals surface area contributed by atoms with Crippen LogP contribution in [0.5, 0.6) is 11.5 Å². The molecule has 3 aromatic rings. The second-order valence-electron chi connectivity index (χ2n) is 6.00. The van der Waals surface area contributed by atoms with Crippen molar-refractivity contribution in [2.75, 3.05) is 18.5 Å². The number of aryl methyl sites for hydroxylation is 2. The second-order valence-corrected chi connectivity index (χ2v) is 6.00. The van der Waals surface area contributed by atoms with E-state index in [4.69, 9.17) is 14.1 Å². The standard InChI is InChI=1S/C20H21N3O4/c1-4-25-16-9-6-15(7-10-16)19-20(23-27-22-19)21-18(24)12-26-17-8-5-13(2)14(3)11-17/h5-11H,4,12H2,1-3H3,(H,21,23,24). The van der Waals surface area contributed by atoms with Gasteiger partial charge in [-0.05, 0) is 78.6 Å². The lowest BCUT2D eigenvalue weighted by Crippen LogP contribution is -2.20. The van der Waals surface area contributed by atoms with Crippen LogP contribution in [0.2, 0.25) is 0 Å². The van der Waals surface area contributed by atoms with Crippen molar-refractivity contribution in [2.24, 2.45) is 0 Å². The SMILES string of the molecule is CCOc1ccc(-c2nonc2NC(=O)COc2ccc(C)c(C)c2)cc1. The lowest BCUT2D eigenvalue weighted by Gasteiger charge is -2.08. The van der Waals surface area contributed by atoms with Gasteiger partial charge in [-0.25, -0.2) is 4.63 Å². The van der Waals surface area contributed by atoms with Crippen LogP contribution >= 0.6 is 0 Å². The van der Waals surface area contributed by atoms with E-state index in [1.807, 2.05) is 63.2 Å². The Morgan fingerprint density at radius 2 is 1.74 bits per heavy atom. The van der Waals surface area contributed by atoms with Crippen LogP contribution in [0.15, 0.2) is 47.1 Å². The van der Waals surface area contributed by atoms with Crippen molar-refractivity contribution in [3.8, 4) is 22.8 Å². The number of hydrogen-bond acceptors (Lipinski definition) is 6. The molecule has 0 aliphatic rings. The summed E-state index contributed by atoms with van der Waals surface area (Å²) in [6.07, 6.45) is 0. The normalized spacial score (nSPS) is 10.5. The van der Waals surface area contributed by atoms with Gasteiger partial charge < -0.3 is 14.8 Å². The molecule has 0 spiro atoms. The van der Waals surface area contributed by atoms with Crippen LogP contribution in [-0.4, -0.2) is 29.4 Å². The summed E-state index contributed by atoms with van der Waals surface area (Å²) in [4.78, 5) is 12.2. The smallest absolute Gasteiger partial charge is 0.263 e. The molecule has 0 saturated heterocycles. The average molecular weight is 367 g/mol. The first-order valence-corrected chi connectivity index (χ1v) is 8.62. The third kappa shape index (κ3) is 4.63. The Morgan fingerprint density at radius 3 is 2.44 bits per heavy atom.